The molecule has 4 aromatic rings. The molecule has 148 valence electrons. The number of anilines is 1. The maximum absolute atomic E-state index is 12.8. The number of aryl methyl sites for hydroxylation is 1. The van der Waals surface area contributed by atoms with E-state index in [-0.39, 0.29) is 5.91 Å². The summed E-state index contributed by atoms with van der Waals surface area (Å²) < 4.78 is 8.36. The number of fused-ring (bicyclic) bond motifs is 1. The fourth-order valence-electron chi connectivity index (χ4n) is 3.43. The molecule has 0 unspecified atom stereocenters. The smallest absolute Gasteiger partial charge is 0.276 e. The number of rotatable bonds is 4. The first kappa shape index (κ1) is 17.9. The second-order valence-corrected chi connectivity index (χ2v) is 7.91. The van der Waals surface area contributed by atoms with Gasteiger partial charge in [-0.15, -0.1) is 0 Å². The maximum Gasteiger partial charge on any atom is 0.276 e. The van der Waals surface area contributed by atoms with Gasteiger partial charge < -0.3 is 14.3 Å². The quantitative estimate of drug-likeness (QED) is 0.516. The molecular weight excluding hydrogens is 388 g/mol. The van der Waals surface area contributed by atoms with E-state index in [1.807, 2.05) is 36.2 Å². The third kappa shape index (κ3) is 3.38. The van der Waals surface area contributed by atoms with E-state index < -0.39 is 0 Å². The molecule has 0 saturated carbocycles. The summed E-state index contributed by atoms with van der Waals surface area (Å²) in [7, 11) is 0. The van der Waals surface area contributed by atoms with Gasteiger partial charge in [0.25, 0.3) is 5.91 Å². The highest BCUT2D eigenvalue weighted by Gasteiger charge is 2.26. The van der Waals surface area contributed by atoms with Crippen LogP contribution >= 0.6 is 11.3 Å². The van der Waals surface area contributed by atoms with E-state index in [2.05, 4.69) is 21.2 Å². The van der Waals surface area contributed by atoms with Gasteiger partial charge in [0.05, 0.1) is 22.0 Å². The standard InChI is InChI=1S/C20H20N6O2S/c1-2-26-13-14(12-21-26)17-11-16(23-28-17)19(27)24-7-9-25(10-8-24)20-22-15-5-3-4-6-18(15)29-20/h3-6,11-13H,2,7-10H2,1H3. The molecule has 0 N–H and O–H groups in total. The van der Waals surface area contributed by atoms with E-state index in [4.69, 9.17) is 9.51 Å². The number of thiazole rings is 1. The van der Waals surface area contributed by atoms with Crippen molar-refractivity contribution < 1.29 is 9.32 Å². The van der Waals surface area contributed by atoms with Crippen molar-refractivity contribution in [2.45, 2.75) is 13.5 Å². The van der Waals surface area contributed by atoms with Crippen molar-refractivity contribution in [3.63, 3.8) is 0 Å². The summed E-state index contributed by atoms with van der Waals surface area (Å²) >= 11 is 1.69. The first-order chi connectivity index (χ1) is 14.2. The first-order valence-corrected chi connectivity index (χ1v) is 10.4. The van der Waals surface area contributed by atoms with Crippen LogP contribution in [0.1, 0.15) is 17.4 Å². The molecule has 0 atom stereocenters. The molecule has 8 nitrogen and oxygen atoms in total. The third-order valence-electron chi connectivity index (χ3n) is 5.09. The summed E-state index contributed by atoms with van der Waals surface area (Å²) in [5.41, 5.74) is 2.17. The number of benzene rings is 1. The average molecular weight is 408 g/mol. The van der Waals surface area contributed by atoms with Crippen LogP contribution in [0.15, 0.2) is 47.2 Å². The monoisotopic (exact) mass is 408 g/mol. The zero-order chi connectivity index (χ0) is 19.8. The molecular formula is C20H20N6O2S. The summed E-state index contributed by atoms with van der Waals surface area (Å²) in [5, 5.41) is 9.22. The predicted molar refractivity (Wildman–Crippen MR) is 111 cm³/mol. The Hall–Kier alpha value is -3.20. The third-order valence-corrected chi connectivity index (χ3v) is 6.19. The van der Waals surface area contributed by atoms with Gasteiger partial charge in [0.15, 0.2) is 16.6 Å². The van der Waals surface area contributed by atoms with Crippen LogP contribution in [0.25, 0.3) is 21.5 Å². The van der Waals surface area contributed by atoms with Crippen LogP contribution in [-0.4, -0.2) is 56.9 Å². The number of hydrogen-bond donors (Lipinski definition) is 0. The highest BCUT2D eigenvalue weighted by molar-refractivity contribution is 7.22. The zero-order valence-corrected chi connectivity index (χ0v) is 16.8. The molecule has 0 aliphatic carbocycles. The van der Waals surface area contributed by atoms with Crippen LogP contribution in [0.4, 0.5) is 5.13 Å². The van der Waals surface area contributed by atoms with E-state index in [1.54, 1.807) is 28.3 Å². The lowest BCUT2D eigenvalue weighted by atomic mass is 10.2. The second kappa shape index (κ2) is 7.32. The van der Waals surface area contributed by atoms with Crippen LogP contribution in [0.5, 0.6) is 0 Å². The van der Waals surface area contributed by atoms with Crippen molar-refractivity contribution in [2.24, 2.45) is 0 Å². The maximum atomic E-state index is 12.8. The number of piperazine rings is 1. The van der Waals surface area contributed by atoms with Gasteiger partial charge in [-0.25, -0.2) is 4.98 Å². The minimum absolute atomic E-state index is 0.105. The summed E-state index contributed by atoms with van der Waals surface area (Å²) in [6, 6.07) is 9.84. The molecule has 5 rings (SSSR count). The summed E-state index contributed by atoms with van der Waals surface area (Å²) in [6.07, 6.45) is 3.60. The van der Waals surface area contributed by atoms with Crippen LogP contribution < -0.4 is 4.90 Å². The van der Waals surface area contributed by atoms with Gasteiger partial charge in [-0.2, -0.15) is 5.10 Å². The Morgan fingerprint density at radius 2 is 2.03 bits per heavy atom. The van der Waals surface area contributed by atoms with Gasteiger partial charge in [0.2, 0.25) is 0 Å². The van der Waals surface area contributed by atoms with Crippen molar-refractivity contribution in [1.29, 1.82) is 0 Å². The number of carbonyl (C=O) groups is 1. The molecule has 3 aromatic heterocycles. The molecule has 0 spiro atoms. The van der Waals surface area contributed by atoms with Gasteiger partial charge in [0, 0.05) is 45.0 Å². The van der Waals surface area contributed by atoms with Crippen molar-refractivity contribution in [1.82, 2.24) is 24.8 Å². The molecule has 0 bridgehead atoms. The van der Waals surface area contributed by atoms with Crippen molar-refractivity contribution in [3.8, 4) is 11.3 Å². The number of para-hydroxylation sites is 1. The van der Waals surface area contributed by atoms with Crippen LogP contribution in [-0.2, 0) is 6.54 Å². The Bertz CT molecular complexity index is 1120. The van der Waals surface area contributed by atoms with Gasteiger partial charge in [-0.1, -0.05) is 28.6 Å². The van der Waals surface area contributed by atoms with Crippen molar-refractivity contribution >= 4 is 32.6 Å². The molecule has 1 aliphatic rings. The Morgan fingerprint density at radius 3 is 2.79 bits per heavy atom. The van der Waals surface area contributed by atoms with E-state index in [0.29, 0.717) is 24.5 Å². The van der Waals surface area contributed by atoms with Gasteiger partial charge in [-0.3, -0.25) is 9.48 Å². The Labute approximate surface area is 171 Å². The molecule has 4 heterocycles. The summed E-state index contributed by atoms with van der Waals surface area (Å²) in [4.78, 5) is 21.6. The lowest BCUT2D eigenvalue weighted by Gasteiger charge is -2.34. The van der Waals surface area contributed by atoms with E-state index in [0.717, 1.165) is 35.8 Å². The van der Waals surface area contributed by atoms with E-state index in [1.165, 1.54) is 4.70 Å². The number of nitrogens with zero attached hydrogens (tertiary/aromatic N) is 6. The van der Waals surface area contributed by atoms with Crippen LogP contribution in [0.3, 0.4) is 0 Å². The van der Waals surface area contributed by atoms with Crippen molar-refractivity contribution in [3.05, 3.63) is 48.4 Å². The molecule has 0 radical (unpaired) electrons. The lowest BCUT2D eigenvalue weighted by molar-refractivity contribution is 0.0736. The molecule has 1 fully saturated rings. The highest BCUT2D eigenvalue weighted by Crippen LogP contribution is 2.29. The molecule has 29 heavy (non-hydrogen) atoms. The number of hydrogen-bond acceptors (Lipinski definition) is 7. The SMILES string of the molecule is CCn1cc(-c2cc(C(=O)N3CCN(c4nc5ccccc5s4)CC3)no2)cn1. The van der Waals surface area contributed by atoms with Gasteiger partial charge >= 0.3 is 0 Å². The highest BCUT2D eigenvalue weighted by atomic mass is 32.1. The molecule has 1 saturated heterocycles. The van der Waals surface area contributed by atoms with Crippen molar-refractivity contribution in [2.75, 3.05) is 31.1 Å². The number of amides is 1. The Kier molecular flexibility index (Phi) is 4.51. The van der Waals surface area contributed by atoms with Gasteiger partial charge in [-0.05, 0) is 19.1 Å². The minimum Gasteiger partial charge on any atom is -0.355 e. The Balaban J connectivity index is 1.25. The number of aromatic nitrogens is 4. The molecule has 1 amide bonds. The van der Waals surface area contributed by atoms with E-state index >= 15 is 0 Å². The van der Waals surface area contributed by atoms with Crippen LogP contribution in [0.2, 0.25) is 0 Å². The molecule has 1 aliphatic heterocycles. The second-order valence-electron chi connectivity index (χ2n) is 6.90. The number of carbonyl (C=O) groups excluding carboxylic acids is 1. The van der Waals surface area contributed by atoms with Gasteiger partial charge in [0.1, 0.15) is 0 Å². The van der Waals surface area contributed by atoms with Crippen LogP contribution in [0, 0.1) is 0 Å². The normalized spacial score (nSPS) is 14.7. The fraction of sp³-hybridized carbons (Fsp3) is 0.300. The minimum atomic E-state index is -0.105. The average Bonchev–Trinajstić information content (AvgIpc) is 3.51. The zero-order valence-electron chi connectivity index (χ0n) is 16.0. The Morgan fingerprint density at radius 1 is 1.21 bits per heavy atom. The summed E-state index contributed by atoms with van der Waals surface area (Å²) in [5.74, 6) is 0.452. The topological polar surface area (TPSA) is 80.3 Å². The molecule has 1 aromatic carbocycles. The summed E-state index contributed by atoms with van der Waals surface area (Å²) in [6.45, 7) is 5.55. The van der Waals surface area contributed by atoms with E-state index in [9.17, 15) is 4.79 Å². The first-order valence-electron chi connectivity index (χ1n) is 9.60. The largest absolute Gasteiger partial charge is 0.355 e. The lowest BCUT2D eigenvalue weighted by Crippen LogP contribution is -2.48. The predicted octanol–water partition coefficient (Wildman–Crippen LogP) is 3.13. The molecule has 9 heteroatoms. The fourth-order valence-corrected chi connectivity index (χ4v) is 4.45.